The van der Waals surface area contributed by atoms with Crippen LogP contribution < -0.4 is 0 Å². The molecule has 1 aliphatic heterocycles. The van der Waals surface area contributed by atoms with Crippen LogP contribution in [-0.2, 0) is 26.7 Å². The van der Waals surface area contributed by atoms with Crippen molar-refractivity contribution in [2.75, 3.05) is 32.1 Å². The molecule has 1 saturated heterocycles. The topological polar surface area (TPSA) is 90.2 Å². The Morgan fingerprint density at radius 1 is 1.12 bits per heavy atom. The highest BCUT2D eigenvalue weighted by Gasteiger charge is 2.24. The molecule has 0 bridgehead atoms. The van der Waals surface area contributed by atoms with Crippen molar-refractivity contribution in [3.05, 3.63) is 30.6 Å². The Bertz CT molecular complexity index is 834. The van der Waals surface area contributed by atoms with Gasteiger partial charge in [-0.2, -0.15) is 4.31 Å². The van der Waals surface area contributed by atoms with Gasteiger partial charge in [0.2, 0.25) is 10.0 Å². The van der Waals surface area contributed by atoms with E-state index in [9.17, 15) is 8.42 Å². The van der Waals surface area contributed by atoms with Crippen molar-refractivity contribution in [1.29, 1.82) is 0 Å². The molecule has 1 aliphatic rings. The number of ether oxygens (including phenoxy) is 1. The van der Waals surface area contributed by atoms with E-state index in [1.807, 2.05) is 4.57 Å². The van der Waals surface area contributed by atoms with Gasteiger partial charge in [-0.15, -0.1) is 0 Å². The van der Waals surface area contributed by atoms with Crippen LogP contribution in [0.15, 0.2) is 24.8 Å². The summed E-state index contributed by atoms with van der Waals surface area (Å²) in [4.78, 5) is 13.2. The van der Waals surface area contributed by atoms with Gasteiger partial charge >= 0.3 is 0 Å². The number of hydrogen-bond acceptors (Lipinski definition) is 6. The Kier molecular flexibility index (Phi) is 5.40. The molecule has 2 aromatic heterocycles. The summed E-state index contributed by atoms with van der Waals surface area (Å²) in [6.45, 7) is 8.23. The maximum Gasteiger partial charge on any atom is 0.216 e. The quantitative estimate of drug-likeness (QED) is 0.778. The highest BCUT2D eigenvalue weighted by molar-refractivity contribution is 7.89. The molecule has 0 radical (unpaired) electrons. The zero-order chi connectivity index (χ0) is 18.8. The van der Waals surface area contributed by atoms with Gasteiger partial charge in [0.05, 0.1) is 24.5 Å². The average Bonchev–Trinajstić information content (AvgIpc) is 3.09. The lowest BCUT2D eigenvalue weighted by molar-refractivity contribution is 0.0730. The fraction of sp³-hybridized carbons (Fsp3) is 0.588. The average molecular weight is 379 g/mol. The van der Waals surface area contributed by atoms with Crippen molar-refractivity contribution in [3.8, 4) is 11.4 Å². The van der Waals surface area contributed by atoms with Gasteiger partial charge in [0, 0.05) is 49.8 Å². The minimum absolute atomic E-state index is 0.0251. The summed E-state index contributed by atoms with van der Waals surface area (Å²) in [6.07, 6.45) is 6.92. The van der Waals surface area contributed by atoms with Crippen molar-refractivity contribution in [3.63, 3.8) is 0 Å². The number of aromatic nitrogens is 4. The highest BCUT2D eigenvalue weighted by Crippen LogP contribution is 2.21. The molecule has 26 heavy (non-hydrogen) atoms. The Balaban J connectivity index is 1.72. The van der Waals surface area contributed by atoms with Crippen molar-refractivity contribution >= 4 is 10.0 Å². The Morgan fingerprint density at radius 2 is 1.77 bits per heavy atom. The van der Waals surface area contributed by atoms with Crippen LogP contribution in [0.1, 0.15) is 26.6 Å². The maximum absolute atomic E-state index is 12.5. The van der Waals surface area contributed by atoms with Crippen molar-refractivity contribution in [2.45, 2.75) is 32.7 Å². The lowest BCUT2D eigenvalue weighted by atomic mass is 9.96. The van der Waals surface area contributed by atoms with Gasteiger partial charge < -0.3 is 9.30 Å². The first-order valence-electron chi connectivity index (χ1n) is 8.67. The third-order valence-corrected chi connectivity index (χ3v) is 6.10. The molecule has 9 heteroatoms. The first-order chi connectivity index (χ1) is 12.3. The standard InChI is InChI=1S/C17H25N5O3S/c1-17(2,3)16-19-12-14(13-20-16)15-18-4-5-21(15)8-11-26(23,24)22-6-9-25-10-7-22/h4-5,12-13H,6-11H2,1-3H3. The SMILES string of the molecule is CC(C)(C)c1ncc(-c2nccn2CCS(=O)(=O)N2CCOCC2)cn1. The summed E-state index contributed by atoms with van der Waals surface area (Å²) < 4.78 is 33.5. The molecule has 2 aromatic rings. The lowest BCUT2D eigenvalue weighted by Crippen LogP contribution is -2.42. The largest absolute Gasteiger partial charge is 0.379 e. The van der Waals surface area contributed by atoms with E-state index in [4.69, 9.17) is 4.74 Å². The molecule has 0 N–H and O–H groups in total. The van der Waals surface area contributed by atoms with Gasteiger partial charge in [0.15, 0.2) is 0 Å². The predicted octanol–water partition coefficient (Wildman–Crippen LogP) is 1.30. The van der Waals surface area contributed by atoms with Crippen molar-refractivity contribution in [1.82, 2.24) is 23.8 Å². The van der Waals surface area contributed by atoms with Crippen LogP contribution in [-0.4, -0.2) is 64.3 Å². The van der Waals surface area contributed by atoms with E-state index in [2.05, 4.69) is 35.7 Å². The van der Waals surface area contributed by atoms with Crippen LogP contribution >= 0.6 is 0 Å². The normalized spacial score (nSPS) is 16.7. The molecule has 0 atom stereocenters. The minimum Gasteiger partial charge on any atom is -0.379 e. The smallest absolute Gasteiger partial charge is 0.216 e. The summed E-state index contributed by atoms with van der Waals surface area (Å²) in [5.41, 5.74) is 0.645. The van der Waals surface area contributed by atoms with E-state index < -0.39 is 10.0 Å². The number of nitrogens with zero attached hydrogens (tertiary/aromatic N) is 5. The van der Waals surface area contributed by atoms with Gasteiger partial charge in [0.1, 0.15) is 11.6 Å². The molecule has 8 nitrogen and oxygen atoms in total. The molecule has 0 unspecified atom stereocenters. The Morgan fingerprint density at radius 3 is 2.38 bits per heavy atom. The molecule has 0 aliphatic carbocycles. The van der Waals surface area contributed by atoms with E-state index in [0.29, 0.717) is 38.7 Å². The molecule has 3 heterocycles. The molecule has 0 spiro atoms. The maximum atomic E-state index is 12.5. The summed E-state index contributed by atoms with van der Waals surface area (Å²) >= 11 is 0. The second-order valence-corrected chi connectivity index (χ2v) is 9.41. The van der Waals surface area contributed by atoms with Crippen LogP contribution in [0.4, 0.5) is 0 Å². The van der Waals surface area contributed by atoms with Gasteiger partial charge in [-0.1, -0.05) is 20.8 Å². The zero-order valence-corrected chi connectivity index (χ0v) is 16.2. The number of sulfonamides is 1. The number of imidazole rings is 1. The monoisotopic (exact) mass is 379 g/mol. The molecular formula is C17H25N5O3S. The zero-order valence-electron chi connectivity index (χ0n) is 15.4. The van der Waals surface area contributed by atoms with E-state index in [-0.39, 0.29) is 11.2 Å². The third kappa shape index (κ3) is 4.28. The van der Waals surface area contributed by atoms with Crippen LogP contribution in [0.3, 0.4) is 0 Å². The van der Waals surface area contributed by atoms with Gasteiger partial charge in [-0.3, -0.25) is 0 Å². The fourth-order valence-corrected chi connectivity index (χ4v) is 4.14. The van der Waals surface area contributed by atoms with Gasteiger partial charge in [0.25, 0.3) is 0 Å². The summed E-state index contributed by atoms with van der Waals surface area (Å²) in [6, 6.07) is 0. The Hall–Kier alpha value is -1.84. The van der Waals surface area contributed by atoms with Crippen LogP contribution in [0.5, 0.6) is 0 Å². The molecule has 142 valence electrons. The number of hydrogen-bond donors (Lipinski definition) is 0. The lowest BCUT2D eigenvalue weighted by Gasteiger charge is -2.26. The number of rotatable bonds is 5. The Labute approximate surface area is 154 Å². The van der Waals surface area contributed by atoms with Crippen LogP contribution in [0, 0.1) is 0 Å². The van der Waals surface area contributed by atoms with Crippen molar-refractivity contribution in [2.24, 2.45) is 0 Å². The second kappa shape index (κ2) is 7.42. The molecule has 0 saturated carbocycles. The molecule has 3 rings (SSSR count). The summed E-state index contributed by atoms with van der Waals surface area (Å²) in [5.74, 6) is 1.45. The molecule has 0 aromatic carbocycles. The van der Waals surface area contributed by atoms with E-state index in [0.717, 1.165) is 11.4 Å². The first-order valence-corrected chi connectivity index (χ1v) is 10.3. The van der Waals surface area contributed by atoms with Gasteiger partial charge in [-0.05, 0) is 0 Å². The first kappa shape index (κ1) is 18.9. The second-order valence-electron chi connectivity index (χ2n) is 7.32. The molecule has 0 amide bonds. The minimum atomic E-state index is -3.31. The fourth-order valence-electron chi connectivity index (χ4n) is 2.75. The summed E-state index contributed by atoms with van der Waals surface area (Å²) in [7, 11) is -3.31. The van der Waals surface area contributed by atoms with Crippen molar-refractivity contribution < 1.29 is 13.2 Å². The number of morpholine rings is 1. The predicted molar refractivity (Wildman–Crippen MR) is 98.1 cm³/mol. The molecule has 1 fully saturated rings. The van der Waals surface area contributed by atoms with E-state index in [1.165, 1.54) is 4.31 Å². The third-order valence-electron chi connectivity index (χ3n) is 4.25. The van der Waals surface area contributed by atoms with Crippen LogP contribution in [0.25, 0.3) is 11.4 Å². The van der Waals surface area contributed by atoms with Gasteiger partial charge in [-0.25, -0.2) is 23.4 Å². The highest BCUT2D eigenvalue weighted by atomic mass is 32.2. The van der Waals surface area contributed by atoms with Crippen LogP contribution in [0.2, 0.25) is 0 Å². The van der Waals surface area contributed by atoms with E-state index >= 15 is 0 Å². The molecular weight excluding hydrogens is 354 g/mol. The van der Waals surface area contributed by atoms with E-state index in [1.54, 1.807) is 24.8 Å². The number of aryl methyl sites for hydroxylation is 1. The summed E-state index contributed by atoms with van der Waals surface area (Å²) in [5, 5.41) is 0.